The van der Waals surface area contributed by atoms with Crippen molar-refractivity contribution in [2.24, 2.45) is 0 Å². The topological polar surface area (TPSA) is 72.7 Å². The summed E-state index contributed by atoms with van der Waals surface area (Å²) in [6.07, 6.45) is -0.677. The molecule has 1 aromatic carbocycles. The SMILES string of the molecule is O=C(NCc1ccc(F)cc1C(F)(F)F)c1ccnc(-n2cncn2)c1. The molecular weight excluding hydrogens is 354 g/mol. The minimum atomic E-state index is -4.72. The zero-order valence-corrected chi connectivity index (χ0v) is 13.0. The molecule has 3 aromatic rings. The number of amides is 1. The normalized spacial score (nSPS) is 11.4. The van der Waals surface area contributed by atoms with E-state index < -0.39 is 30.0 Å². The highest BCUT2D eigenvalue weighted by Crippen LogP contribution is 2.32. The van der Waals surface area contributed by atoms with Crippen molar-refractivity contribution in [1.82, 2.24) is 25.1 Å². The molecule has 6 nitrogen and oxygen atoms in total. The average molecular weight is 365 g/mol. The molecule has 134 valence electrons. The van der Waals surface area contributed by atoms with Gasteiger partial charge in [-0.05, 0) is 29.8 Å². The van der Waals surface area contributed by atoms with E-state index in [1.54, 1.807) is 0 Å². The van der Waals surface area contributed by atoms with Gasteiger partial charge >= 0.3 is 6.18 Å². The molecule has 0 atom stereocenters. The molecule has 0 aliphatic heterocycles. The van der Waals surface area contributed by atoms with Gasteiger partial charge in [-0.3, -0.25) is 4.79 Å². The van der Waals surface area contributed by atoms with E-state index in [0.717, 1.165) is 12.1 Å². The van der Waals surface area contributed by atoms with Crippen LogP contribution in [-0.4, -0.2) is 25.7 Å². The molecule has 0 aliphatic carbocycles. The molecule has 0 fully saturated rings. The Morgan fingerprint density at radius 3 is 2.69 bits per heavy atom. The number of rotatable bonds is 4. The predicted octanol–water partition coefficient (Wildman–Crippen LogP) is 2.75. The summed E-state index contributed by atoms with van der Waals surface area (Å²) in [4.78, 5) is 20.0. The Morgan fingerprint density at radius 1 is 1.19 bits per heavy atom. The van der Waals surface area contributed by atoms with Crippen molar-refractivity contribution in [1.29, 1.82) is 0 Å². The summed E-state index contributed by atoms with van der Waals surface area (Å²) < 4.78 is 53.4. The first-order chi connectivity index (χ1) is 12.3. The summed E-state index contributed by atoms with van der Waals surface area (Å²) in [5, 5.41) is 6.26. The smallest absolute Gasteiger partial charge is 0.348 e. The second-order valence-electron chi connectivity index (χ2n) is 5.22. The van der Waals surface area contributed by atoms with Crippen LogP contribution in [-0.2, 0) is 12.7 Å². The van der Waals surface area contributed by atoms with Crippen LogP contribution in [0.5, 0.6) is 0 Å². The molecule has 0 saturated heterocycles. The van der Waals surface area contributed by atoms with Gasteiger partial charge in [0.2, 0.25) is 0 Å². The van der Waals surface area contributed by atoms with Gasteiger partial charge in [-0.25, -0.2) is 19.0 Å². The van der Waals surface area contributed by atoms with Crippen LogP contribution < -0.4 is 5.32 Å². The van der Waals surface area contributed by atoms with Crippen molar-refractivity contribution in [3.63, 3.8) is 0 Å². The number of carbonyl (C=O) groups excluding carboxylic acids is 1. The molecule has 0 radical (unpaired) electrons. The fraction of sp³-hybridized carbons (Fsp3) is 0.125. The summed E-state index contributed by atoms with van der Waals surface area (Å²) in [7, 11) is 0. The number of nitrogens with one attached hydrogen (secondary N) is 1. The summed E-state index contributed by atoms with van der Waals surface area (Å²) in [6.45, 7) is -0.408. The fourth-order valence-electron chi connectivity index (χ4n) is 2.26. The van der Waals surface area contributed by atoms with Gasteiger partial charge < -0.3 is 5.32 Å². The maximum absolute atomic E-state index is 13.1. The zero-order valence-electron chi connectivity index (χ0n) is 13.0. The molecule has 2 aromatic heterocycles. The largest absolute Gasteiger partial charge is 0.416 e. The van der Waals surface area contributed by atoms with Crippen LogP contribution in [0.25, 0.3) is 5.82 Å². The van der Waals surface area contributed by atoms with E-state index >= 15 is 0 Å². The molecule has 0 unspecified atom stereocenters. The lowest BCUT2D eigenvalue weighted by atomic mass is 10.1. The monoisotopic (exact) mass is 365 g/mol. The molecule has 3 rings (SSSR count). The first kappa shape index (κ1) is 17.5. The van der Waals surface area contributed by atoms with E-state index in [-0.39, 0.29) is 11.1 Å². The highest BCUT2D eigenvalue weighted by Gasteiger charge is 2.33. The van der Waals surface area contributed by atoms with Crippen molar-refractivity contribution in [3.8, 4) is 5.82 Å². The molecule has 2 heterocycles. The quantitative estimate of drug-likeness (QED) is 0.722. The number of alkyl halides is 3. The summed E-state index contributed by atoms with van der Waals surface area (Å²) >= 11 is 0. The Balaban J connectivity index is 1.77. The Labute approximate surface area is 144 Å². The van der Waals surface area contributed by atoms with Crippen LogP contribution in [0.3, 0.4) is 0 Å². The first-order valence-corrected chi connectivity index (χ1v) is 7.29. The van der Waals surface area contributed by atoms with Crippen molar-refractivity contribution in [3.05, 3.63) is 71.7 Å². The van der Waals surface area contributed by atoms with E-state index in [1.807, 2.05) is 0 Å². The molecule has 1 amide bonds. The maximum Gasteiger partial charge on any atom is 0.416 e. The minimum Gasteiger partial charge on any atom is -0.348 e. The number of aromatic nitrogens is 4. The van der Waals surface area contributed by atoms with Crippen molar-refractivity contribution < 1.29 is 22.4 Å². The Kier molecular flexibility index (Phi) is 4.65. The Bertz CT molecular complexity index is 925. The number of carbonyl (C=O) groups is 1. The fourth-order valence-corrected chi connectivity index (χ4v) is 2.26. The molecule has 10 heteroatoms. The average Bonchev–Trinajstić information content (AvgIpc) is 3.14. The lowest BCUT2D eigenvalue weighted by molar-refractivity contribution is -0.138. The van der Waals surface area contributed by atoms with Gasteiger partial charge in [0.25, 0.3) is 5.91 Å². The van der Waals surface area contributed by atoms with Crippen LogP contribution in [0.15, 0.2) is 49.2 Å². The third-order valence-electron chi connectivity index (χ3n) is 3.48. The zero-order chi connectivity index (χ0) is 18.7. The number of halogens is 4. The van der Waals surface area contributed by atoms with Crippen LogP contribution >= 0.6 is 0 Å². The van der Waals surface area contributed by atoms with Crippen LogP contribution in [0.1, 0.15) is 21.5 Å². The highest BCUT2D eigenvalue weighted by atomic mass is 19.4. The van der Waals surface area contributed by atoms with Gasteiger partial charge in [-0.1, -0.05) is 6.07 Å². The first-order valence-electron chi connectivity index (χ1n) is 7.29. The lowest BCUT2D eigenvalue weighted by Gasteiger charge is -2.13. The Hall–Kier alpha value is -3.30. The van der Waals surface area contributed by atoms with E-state index in [1.165, 1.54) is 35.7 Å². The van der Waals surface area contributed by atoms with Crippen LogP contribution in [0.4, 0.5) is 17.6 Å². The van der Waals surface area contributed by atoms with E-state index in [4.69, 9.17) is 0 Å². The molecule has 26 heavy (non-hydrogen) atoms. The summed E-state index contributed by atoms with van der Waals surface area (Å²) in [5.41, 5.74) is -1.19. The second-order valence-corrected chi connectivity index (χ2v) is 5.22. The minimum absolute atomic E-state index is 0.182. The molecule has 0 bridgehead atoms. The molecular formula is C16H11F4N5O. The number of pyridine rings is 1. The van der Waals surface area contributed by atoms with Gasteiger partial charge in [-0.2, -0.15) is 18.3 Å². The third kappa shape index (κ3) is 3.85. The molecule has 0 spiro atoms. The van der Waals surface area contributed by atoms with E-state index in [0.29, 0.717) is 11.9 Å². The molecule has 0 aliphatic rings. The standard InChI is InChI=1S/C16H11F4N5O/c17-12-2-1-11(13(6-12)16(18,19)20)7-23-15(26)10-3-4-22-14(5-10)25-9-21-8-24-25/h1-6,8-9H,7H2,(H,23,26). The highest BCUT2D eigenvalue weighted by molar-refractivity contribution is 5.94. The van der Waals surface area contributed by atoms with Crippen LogP contribution in [0, 0.1) is 5.82 Å². The van der Waals surface area contributed by atoms with Gasteiger partial charge in [0.15, 0.2) is 5.82 Å². The number of hydrogen-bond donors (Lipinski definition) is 1. The number of benzene rings is 1. The lowest BCUT2D eigenvalue weighted by Crippen LogP contribution is -2.25. The van der Waals surface area contributed by atoms with Gasteiger partial charge in [-0.15, -0.1) is 0 Å². The van der Waals surface area contributed by atoms with Gasteiger partial charge in [0.1, 0.15) is 18.5 Å². The number of nitrogens with zero attached hydrogens (tertiary/aromatic N) is 4. The molecule has 1 N–H and O–H groups in total. The summed E-state index contributed by atoms with van der Waals surface area (Å²) in [5.74, 6) is -1.28. The van der Waals surface area contributed by atoms with Crippen molar-refractivity contribution in [2.45, 2.75) is 12.7 Å². The van der Waals surface area contributed by atoms with Crippen LogP contribution in [0.2, 0.25) is 0 Å². The van der Waals surface area contributed by atoms with Gasteiger partial charge in [0.05, 0.1) is 5.56 Å². The van der Waals surface area contributed by atoms with Crippen molar-refractivity contribution in [2.75, 3.05) is 0 Å². The molecule has 0 saturated carbocycles. The maximum atomic E-state index is 13.1. The third-order valence-corrected chi connectivity index (χ3v) is 3.48. The summed E-state index contributed by atoms with van der Waals surface area (Å²) in [6, 6.07) is 5.12. The van der Waals surface area contributed by atoms with E-state index in [9.17, 15) is 22.4 Å². The predicted molar refractivity (Wildman–Crippen MR) is 81.7 cm³/mol. The number of hydrogen-bond acceptors (Lipinski definition) is 4. The van der Waals surface area contributed by atoms with E-state index in [2.05, 4.69) is 20.4 Å². The second kappa shape index (κ2) is 6.90. The Morgan fingerprint density at radius 2 is 2.00 bits per heavy atom. The van der Waals surface area contributed by atoms with Gasteiger partial charge in [0, 0.05) is 18.3 Å². The van der Waals surface area contributed by atoms with Crippen molar-refractivity contribution >= 4 is 5.91 Å².